The Morgan fingerprint density at radius 1 is 0.294 bits per heavy atom. The molecule has 6 heteroatoms. The topological polar surface area (TPSA) is 78.9 Å². The molecule has 0 spiro atoms. The normalized spacial score (nSPS) is 12.4. The quantitative estimate of drug-likeness (QED) is 0.0343. The molecule has 0 aromatic carbocycles. The van der Waals surface area contributed by atoms with Crippen LogP contribution in [0.1, 0.15) is 355 Å². The zero-order valence-corrected chi connectivity index (χ0v) is 46.6. The molecule has 0 aromatic heterocycles. The van der Waals surface area contributed by atoms with E-state index in [4.69, 9.17) is 14.2 Å². The van der Waals surface area contributed by atoms with E-state index in [0.717, 1.165) is 63.7 Å². The van der Waals surface area contributed by atoms with Gasteiger partial charge in [0, 0.05) is 19.3 Å². The lowest BCUT2D eigenvalue weighted by atomic mass is 9.99. The van der Waals surface area contributed by atoms with E-state index in [-0.39, 0.29) is 31.1 Å². The van der Waals surface area contributed by atoms with Crippen molar-refractivity contribution in [2.45, 2.75) is 361 Å². The third kappa shape index (κ3) is 53.8. The molecule has 404 valence electrons. The van der Waals surface area contributed by atoms with Gasteiger partial charge in [-0.15, -0.1) is 0 Å². The van der Waals surface area contributed by atoms with Gasteiger partial charge in [0.2, 0.25) is 0 Å². The molecule has 0 saturated heterocycles. The predicted molar refractivity (Wildman–Crippen MR) is 293 cm³/mol. The summed E-state index contributed by atoms with van der Waals surface area (Å²) in [5, 5.41) is 0. The molecule has 0 heterocycles. The van der Waals surface area contributed by atoms with Crippen LogP contribution in [0.2, 0.25) is 0 Å². The molecule has 2 atom stereocenters. The fourth-order valence-electron chi connectivity index (χ4n) is 9.60. The summed E-state index contributed by atoms with van der Waals surface area (Å²) in [6.45, 7) is 9.12. The number of rotatable bonds is 57. The highest BCUT2D eigenvalue weighted by Crippen LogP contribution is 2.19. The van der Waals surface area contributed by atoms with Gasteiger partial charge >= 0.3 is 17.9 Å². The molecular weight excluding hydrogens is 841 g/mol. The van der Waals surface area contributed by atoms with E-state index in [0.29, 0.717) is 19.3 Å². The average Bonchev–Trinajstić information content (AvgIpc) is 3.34. The minimum absolute atomic E-state index is 0.0614. The lowest BCUT2D eigenvalue weighted by molar-refractivity contribution is -0.167. The standard InChI is InChI=1S/C62H120O6/c1-5-8-10-12-14-16-18-20-22-23-25-30-34-38-42-46-50-54-61(64)67-57-59(56-66-60(63)53-49-45-41-37-33-29-24-21-19-17-15-13-11-9-6-2)68-62(65)55-51-47-43-39-35-31-27-26-28-32-36-40-44-48-52-58(4)7-3/h58-59H,5-57H2,1-4H3/t58?,59-/m1/s1. The number of carbonyl (C=O) groups excluding carboxylic acids is 3. The van der Waals surface area contributed by atoms with Crippen molar-refractivity contribution in [1.29, 1.82) is 0 Å². The first-order valence-corrected chi connectivity index (χ1v) is 30.9. The van der Waals surface area contributed by atoms with Crippen molar-refractivity contribution in [3.05, 3.63) is 0 Å². The summed E-state index contributed by atoms with van der Waals surface area (Å²) in [6, 6.07) is 0. The molecule has 68 heavy (non-hydrogen) atoms. The molecule has 0 radical (unpaired) electrons. The van der Waals surface area contributed by atoms with Crippen molar-refractivity contribution in [3.8, 4) is 0 Å². The van der Waals surface area contributed by atoms with E-state index >= 15 is 0 Å². The van der Waals surface area contributed by atoms with Crippen molar-refractivity contribution in [2.75, 3.05) is 13.2 Å². The zero-order valence-electron chi connectivity index (χ0n) is 46.6. The van der Waals surface area contributed by atoms with Crippen LogP contribution in [-0.2, 0) is 28.6 Å². The predicted octanol–water partition coefficient (Wildman–Crippen LogP) is 20.6. The fourth-order valence-corrected chi connectivity index (χ4v) is 9.60. The maximum absolute atomic E-state index is 12.9. The van der Waals surface area contributed by atoms with Crippen molar-refractivity contribution in [2.24, 2.45) is 5.92 Å². The SMILES string of the molecule is CCCCCCCCCCCCCCCCCCCC(=O)OC[C@@H](COC(=O)CCCCCCCCCCCCCCCCC)OC(=O)CCCCCCCCCCCCCCCCC(C)CC. The monoisotopic (exact) mass is 961 g/mol. The third-order valence-electron chi connectivity index (χ3n) is 14.7. The molecule has 0 N–H and O–H groups in total. The van der Waals surface area contributed by atoms with Gasteiger partial charge in [0.25, 0.3) is 0 Å². The number of carbonyl (C=O) groups is 3. The Labute approximate surface area is 425 Å². The van der Waals surface area contributed by atoms with Crippen molar-refractivity contribution in [3.63, 3.8) is 0 Å². The molecule has 0 amide bonds. The van der Waals surface area contributed by atoms with Gasteiger partial charge in [-0.2, -0.15) is 0 Å². The lowest BCUT2D eigenvalue weighted by Gasteiger charge is -2.18. The van der Waals surface area contributed by atoms with E-state index in [1.54, 1.807) is 0 Å². The minimum atomic E-state index is -0.762. The Bertz CT molecular complexity index is 1030. The largest absolute Gasteiger partial charge is 0.462 e. The molecule has 1 unspecified atom stereocenters. The second kappa shape index (κ2) is 56.3. The molecule has 0 aliphatic carbocycles. The molecule has 0 saturated carbocycles. The first-order valence-electron chi connectivity index (χ1n) is 30.9. The Hall–Kier alpha value is -1.59. The van der Waals surface area contributed by atoms with Gasteiger partial charge in [0.15, 0.2) is 6.10 Å². The number of ether oxygens (including phenoxy) is 3. The van der Waals surface area contributed by atoms with Crippen LogP contribution in [0.25, 0.3) is 0 Å². The zero-order chi connectivity index (χ0) is 49.5. The third-order valence-corrected chi connectivity index (χ3v) is 14.7. The summed E-state index contributed by atoms with van der Waals surface area (Å²) in [6.07, 6.45) is 62.3. The minimum Gasteiger partial charge on any atom is -0.462 e. The Balaban J connectivity index is 4.29. The van der Waals surface area contributed by atoms with Gasteiger partial charge in [-0.1, -0.05) is 317 Å². The molecule has 0 rings (SSSR count). The highest BCUT2D eigenvalue weighted by molar-refractivity contribution is 5.71. The second-order valence-electron chi connectivity index (χ2n) is 21.6. The highest BCUT2D eigenvalue weighted by Gasteiger charge is 2.19. The summed E-state index contributed by atoms with van der Waals surface area (Å²) in [4.78, 5) is 38.2. The lowest BCUT2D eigenvalue weighted by Crippen LogP contribution is -2.30. The van der Waals surface area contributed by atoms with Crippen molar-refractivity contribution in [1.82, 2.24) is 0 Å². The molecule has 0 aliphatic rings. The second-order valence-corrected chi connectivity index (χ2v) is 21.6. The van der Waals surface area contributed by atoms with Crippen LogP contribution >= 0.6 is 0 Å². The molecule has 0 aromatic rings. The van der Waals surface area contributed by atoms with Crippen LogP contribution in [0.5, 0.6) is 0 Å². The molecule has 0 fully saturated rings. The smallest absolute Gasteiger partial charge is 0.306 e. The van der Waals surface area contributed by atoms with Gasteiger partial charge in [0.05, 0.1) is 0 Å². The molecule has 0 bridgehead atoms. The van der Waals surface area contributed by atoms with Crippen LogP contribution in [0.15, 0.2) is 0 Å². The first-order chi connectivity index (χ1) is 33.4. The summed E-state index contributed by atoms with van der Waals surface area (Å²) in [5.74, 6) is 0.0648. The van der Waals surface area contributed by atoms with Gasteiger partial charge < -0.3 is 14.2 Å². The van der Waals surface area contributed by atoms with Crippen molar-refractivity contribution < 1.29 is 28.6 Å². The summed E-state index contributed by atoms with van der Waals surface area (Å²) in [5.41, 5.74) is 0. The van der Waals surface area contributed by atoms with Crippen LogP contribution in [0.3, 0.4) is 0 Å². The molecular formula is C62H120O6. The van der Waals surface area contributed by atoms with Crippen molar-refractivity contribution >= 4 is 17.9 Å². The number of hydrogen-bond donors (Lipinski definition) is 0. The maximum atomic E-state index is 12.9. The summed E-state index contributed by atoms with van der Waals surface area (Å²) >= 11 is 0. The van der Waals surface area contributed by atoms with E-state index in [1.165, 1.54) is 250 Å². The van der Waals surface area contributed by atoms with E-state index < -0.39 is 6.10 Å². The highest BCUT2D eigenvalue weighted by atomic mass is 16.6. The Morgan fingerprint density at radius 3 is 0.765 bits per heavy atom. The fraction of sp³-hybridized carbons (Fsp3) is 0.952. The summed E-state index contributed by atoms with van der Waals surface area (Å²) < 4.78 is 16.9. The van der Waals surface area contributed by atoms with Gasteiger partial charge in [-0.05, 0) is 25.2 Å². The van der Waals surface area contributed by atoms with E-state index in [1.807, 2.05) is 0 Å². The van der Waals surface area contributed by atoms with Crippen LogP contribution in [-0.4, -0.2) is 37.2 Å². The molecule has 0 aliphatic heterocycles. The van der Waals surface area contributed by atoms with Crippen LogP contribution in [0, 0.1) is 5.92 Å². The van der Waals surface area contributed by atoms with E-state index in [2.05, 4.69) is 27.7 Å². The molecule has 6 nitrogen and oxygen atoms in total. The Morgan fingerprint density at radius 2 is 0.515 bits per heavy atom. The van der Waals surface area contributed by atoms with Crippen LogP contribution in [0.4, 0.5) is 0 Å². The first kappa shape index (κ1) is 66.4. The number of esters is 3. The van der Waals surface area contributed by atoms with Crippen LogP contribution < -0.4 is 0 Å². The number of unbranched alkanes of at least 4 members (excludes halogenated alkanes) is 43. The summed E-state index contributed by atoms with van der Waals surface area (Å²) in [7, 11) is 0. The van der Waals surface area contributed by atoms with E-state index in [9.17, 15) is 14.4 Å². The van der Waals surface area contributed by atoms with Gasteiger partial charge in [-0.25, -0.2) is 0 Å². The van der Waals surface area contributed by atoms with Gasteiger partial charge in [-0.3, -0.25) is 14.4 Å². The average molecular weight is 962 g/mol. The maximum Gasteiger partial charge on any atom is 0.306 e. The van der Waals surface area contributed by atoms with Gasteiger partial charge in [0.1, 0.15) is 13.2 Å². The Kier molecular flexibility index (Phi) is 55.0. The number of hydrogen-bond acceptors (Lipinski definition) is 6.